The van der Waals surface area contributed by atoms with E-state index in [9.17, 15) is 9.18 Å². The molecular weight excluding hydrogens is 147 g/mol. The summed E-state index contributed by atoms with van der Waals surface area (Å²) in [6.45, 7) is 1.15. The second kappa shape index (κ2) is 2.80. The van der Waals surface area contributed by atoms with Gasteiger partial charge in [0.25, 0.3) is 0 Å². The molecule has 0 saturated heterocycles. The first-order valence-corrected chi connectivity index (χ1v) is 3.95. The quantitative estimate of drug-likeness (QED) is 0.685. The number of carboxylic acids is 1. The molecule has 1 aliphatic rings. The zero-order valence-electron chi connectivity index (χ0n) is 6.64. The second-order valence-corrected chi connectivity index (χ2v) is 3.50. The van der Waals surface area contributed by atoms with Crippen LogP contribution in [0.25, 0.3) is 0 Å². The summed E-state index contributed by atoms with van der Waals surface area (Å²) in [5, 5.41) is 8.43. The summed E-state index contributed by atoms with van der Waals surface area (Å²) in [4.78, 5) is 10.3. The predicted molar refractivity (Wildman–Crippen MR) is 39.1 cm³/mol. The van der Waals surface area contributed by atoms with Crippen molar-refractivity contribution in [3.8, 4) is 0 Å². The van der Waals surface area contributed by atoms with Gasteiger partial charge in [-0.1, -0.05) is 19.3 Å². The summed E-state index contributed by atoms with van der Waals surface area (Å²) >= 11 is 0. The predicted octanol–water partition coefficient (Wildman–Crippen LogP) is 1.99. The number of hydrogen-bond acceptors (Lipinski definition) is 1. The van der Waals surface area contributed by atoms with Crippen molar-refractivity contribution in [2.45, 2.75) is 38.3 Å². The van der Waals surface area contributed by atoms with Gasteiger partial charge in [0.2, 0.25) is 5.67 Å². The van der Waals surface area contributed by atoms with E-state index in [-0.39, 0.29) is 6.42 Å². The van der Waals surface area contributed by atoms with Gasteiger partial charge in [-0.3, -0.25) is 0 Å². The summed E-state index contributed by atoms with van der Waals surface area (Å²) in [5.74, 6) is -1.02. The topological polar surface area (TPSA) is 37.3 Å². The molecule has 0 aliphatic heterocycles. The van der Waals surface area contributed by atoms with Crippen LogP contribution in [0.4, 0.5) is 4.39 Å². The average molecular weight is 160 g/mol. The van der Waals surface area contributed by atoms with E-state index in [1.807, 2.05) is 0 Å². The molecular formula is C8H13FO2. The molecule has 0 heterocycles. The number of hydrogen-bond donors (Lipinski definition) is 1. The minimum absolute atomic E-state index is 0.183. The molecule has 1 rings (SSSR count). The molecule has 64 valence electrons. The monoisotopic (exact) mass is 160 g/mol. The van der Waals surface area contributed by atoms with Crippen molar-refractivity contribution in [3.63, 3.8) is 0 Å². The molecule has 1 atom stereocenters. The summed E-state index contributed by atoms with van der Waals surface area (Å²) in [6, 6.07) is 0. The third kappa shape index (κ3) is 1.91. The number of halogens is 1. The van der Waals surface area contributed by atoms with Crippen LogP contribution in [0, 0.1) is 5.92 Å². The molecule has 11 heavy (non-hydrogen) atoms. The van der Waals surface area contributed by atoms with Gasteiger partial charge >= 0.3 is 5.97 Å². The lowest BCUT2D eigenvalue weighted by Gasteiger charge is -2.29. The lowest BCUT2D eigenvalue weighted by molar-refractivity contribution is -0.151. The Morgan fingerprint density at radius 3 is 2.55 bits per heavy atom. The highest BCUT2D eigenvalue weighted by Crippen LogP contribution is 2.35. The molecule has 1 unspecified atom stereocenters. The van der Waals surface area contributed by atoms with Crippen molar-refractivity contribution in [1.82, 2.24) is 0 Å². The van der Waals surface area contributed by atoms with E-state index in [1.165, 1.54) is 0 Å². The van der Waals surface area contributed by atoms with E-state index >= 15 is 0 Å². The van der Waals surface area contributed by atoms with Crippen molar-refractivity contribution in [3.05, 3.63) is 0 Å². The Morgan fingerprint density at radius 1 is 1.73 bits per heavy atom. The molecule has 1 aliphatic carbocycles. The van der Waals surface area contributed by atoms with Crippen molar-refractivity contribution < 1.29 is 14.3 Å². The molecule has 0 radical (unpaired) electrons. The molecule has 0 spiro atoms. The standard InChI is InChI=1S/C8H13FO2/c1-8(9,7(10)11)5-6-3-2-4-6/h6H,2-5H2,1H3,(H,10,11). The summed E-state index contributed by atoms with van der Waals surface area (Å²) < 4.78 is 13.1. The van der Waals surface area contributed by atoms with Gasteiger partial charge in [-0.2, -0.15) is 0 Å². The highest BCUT2D eigenvalue weighted by molar-refractivity contribution is 5.76. The molecule has 0 aromatic heterocycles. The van der Waals surface area contributed by atoms with Crippen LogP contribution in [0.3, 0.4) is 0 Å². The fraction of sp³-hybridized carbons (Fsp3) is 0.875. The van der Waals surface area contributed by atoms with E-state index < -0.39 is 11.6 Å². The Bertz CT molecular complexity index is 161. The van der Waals surface area contributed by atoms with E-state index in [0.717, 1.165) is 26.2 Å². The summed E-state index contributed by atoms with van der Waals surface area (Å²) in [7, 11) is 0. The van der Waals surface area contributed by atoms with Gasteiger partial charge in [0.15, 0.2) is 0 Å². The molecule has 0 bridgehead atoms. The SMILES string of the molecule is CC(F)(CC1CCC1)C(=O)O. The summed E-state index contributed by atoms with van der Waals surface area (Å²) in [5.41, 5.74) is -2.01. The minimum atomic E-state index is -2.01. The highest BCUT2D eigenvalue weighted by Gasteiger charge is 2.37. The van der Waals surface area contributed by atoms with Gasteiger partial charge in [0.05, 0.1) is 0 Å². The fourth-order valence-electron chi connectivity index (χ4n) is 1.33. The number of alkyl halides is 1. The number of rotatable bonds is 3. The third-order valence-electron chi connectivity index (χ3n) is 2.34. The normalized spacial score (nSPS) is 23.8. The van der Waals surface area contributed by atoms with E-state index in [2.05, 4.69) is 0 Å². The Balaban J connectivity index is 2.38. The van der Waals surface area contributed by atoms with Crippen LogP contribution < -0.4 is 0 Å². The van der Waals surface area contributed by atoms with Crippen LogP contribution >= 0.6 is 0 Å². The average Bonchev–Trinajstić information content (AvgIpc) is 1.79. The van der Waals surface area contributed by atoms with Crippen LogP contribution in [0.5, 0.6) is 0 Å². The van der Waals surface area contributed by atoms with E-state index in [0.29, 0.717) is 5.92 Å². The zero-order chi connectivity index (χ0) is 8.48. The Kier molecular flexibility index (Phi) is 2.16. The van der Waals surface area contributed by atoms with Crippen LogP contribution in [0.1, 0.15) is 32.6 Å². The molecule has 0 aromatic carbocycles. The molecule has 1 saturated carbocycles. The highest BCUT2D eigenvalue weighted by atomic mass is 19.1. The molecule has 1 fully saturated rings. The largest absolute Gasteiger partial charge is 0.479 e. The Labute approximate surface area is 65.4 Å². The molecule has 3 heteroatoms. The van der Waals surface area contributed by atoms with E-state index in [1.54, 1.807) is 0 Å². The van der Waals surface area contributed by atoms with Crippen molar-refractivity contribution in [2.24, 2.45) is 5.92 Å². The van der Waals surface area contributed by atoms with E-state index in [4.69, 9.17) is 5.11 Å². The van der Waals surface area contributed by atoms with Gasteiger partial charge in [-0.05, 0) is 19.3 Å². The maximum absolute atomic E-state index is 13.1. The van der Waals surface area contributed by atoms with Crippen molar-refractivity contribution >= 4 is 5.97 Å². The second-order valence-electron chi connectivity index (χ2n) is 3.50. The minimum Gasteiger partial charge on any atom is -0.479 e. The van der Waals surface area contributed by atoms with Crippen LogP contribution in [-0.2, 0) is 4.79 Å². The molecule has 0 amide bonds. The maximum Gasteiger partial charge on any atom is 0.341 e. The maximum atomic E-state index is 13.1. The molecule has 0 aromatic rings. The van der Waals surface area contributed by atoms with Crippen molar-refractivity contribution in [2.75, 3.05) is 0 Å². The third-order valence-corrected chi connectivity index (χ3v) is 2.34. The first-order valence-electron chi connectivity index (χ1n) is 3.95. The van der Waals surface area contributed by atoms with Crippen molar-refractivity contribution in [1.29, 1.82) is 0 Å². The van der Waals surface area contributed by atoms with Gasteiger partial charge < -0.3 is 5.11 Å². The zero-order valence-corrected chi connectivity index (χ0v) is 6.64. The van der Waals surface area contributed by atoms with Crippen LogP contribution in [0.15, 0.2) is 0 Å². The molecule has 2 nitrogen and oxygen atoms in total. The Hall–Kier alpha value is -0.600. The van der Waals surface area contributed by atoms with Gasteiger partial charge in [0.1, 0.15) is 0 Å². The summed E-state index contributed by atoms with van der Waals surface area (Å²) in [6.07, 6.45) is 3.29. The van der Waals surface area contributed by atoms with Gasteiger partial charge in [-0.15, -0.1) is 0 Å². The fourth-order valence-corrected chi connectivity index (χ4v) is 1.33. The lowest BCUT2D eigenvalue weighted by Crippen LogP contribution is -2.34. The first kappa shape index (κ1) is 8.50. The Morgan fingerprint density at radius 2 is 2.27 bits per heavy atom. The number of carbonyl (C=O) groups is 1. The van der Waals surface area contributed by atoms with Crippen LogP contribution in [0.2, 0.25) is 0 Å². The number of aliphatic carboxylic acids is 1. The number of carboxylic acid groups (broad SMARTS) is 1. The molecule has 1 N–H and O–H groups in total. The van der Waals surface area contributed by atoms with Gasteiger partial charge in [-0.25, -0.2) is 9.18 Å². The van der Waals surface area contributed by atoms with Gasteiger partial charge in [0, 0.05) is 0 Å². The van der Waals surface area contributed by atoms with Crippen LogP contribution in [-0.4, -0.2) is 16.7 Å². The smallest absolute Gasteiger partial charge is 0.341 e. The lowest BCUT2D eigenvalue weighted by atomic mass is 9.78. The first-order chi connectivity index (χ1) is 5.02.